The second-order valence-corrected chi connectivity index (χ2v) is 9.91. The molecular formula is C25H29F2N9O4. The molecule has 0 atom stereocenters. The first-order valence-electron chi connectivity index (χ1n) is 12.6. The van der Waals surface area contributed by atoms with Crippen LogP contribution in [0.4, 0.5) is 26.4 Å². The maximum atomic E-state index is 14.7. The molecule has 0 radical (unpaired) electrons. The van der Waals surface area contributed by atoms with E-state index in [1.807, 2.05) is 11.9 Å². The van der Waals surface area contributed by atoms with Crippen LogP contribution in [0.5, 0.6) is 5.75 Å². The Morgan fingerprint density at radius 1 is 1.18 bits per heavy atom. The van der Waals surface area contributed by atoms with Crippen molar-refractivity contribution in [2.45, 2.75) is 19.4 Å². The molecule has 1 aliphatic rings. The summed E-state index contributed by atoms with van der Waals surface area (Å²) in [5.41, 5.74) is 4.59. The lowest BCUT2D eigenvalue weighted by molar-refractivity contribution is -0.152. The molecule has 0 bridgehead atoms. The SMILES string of the molecule is CN(CCN1CCN(c2cc(OC(C)(C)C(=O)O)c(F)cc2F)CC1)c1nc(N)n2nc(-c3ccco3)nc2n1. The average Bonchev–Trinajstić information content (AvgIpc) is 3.59. The Labute approximate surface area is 227 Å². The summed E-state index contributed by atoms with van der Waals surface area (Å²) in [4.78, 5) is 30.4. The summed E-state index contributed by atoms with van der Waals surface area (Å²) in [5, 5.41) is 13.6. The number of aliphatic carboxylic acids is 1. The standard InChI is InChI=1S/C25H29F2N9O4/c1-25(2,21(37)38)40-19-14-17(15(26)13-16(19)27)35-10-8-34(9-11-35)7-6-33(3)23-30-22(28)36-24(31-23)29-20(32-36)18-5-4-12-39-18/h4-5,12-14H,6-11H2,1-3H3,(H,37,38)(H2,28,29,30,31,32). The Kier molecular flexibility index (Phi) is 7.14. The minimum Gasteiger partial charge on any atom is -0.478 e. The Bertz CT molecular complexity index is 1520. The summed E-state index contributed by atoms with van der Waals surface area (Å²) in [6.45, 7) is 6.08. The molecule has 5 rings (SSSR count). The van der Waals surface area contributed by atoms with Crippen LogP contribution in [0.15, 0.2) is 34.9 Å². The quantitative estimate of drug-likeness (QED) is 0.310. The Balaban J connectivity index is 1.20. The molecule has 212 valence electrons. The van der Waals surface area contributed by atoms with Gasteiger partial charge in [-0.2, -0.15) is 19.5 Å². The zero-order valence-corrected chi connectivity index (χ0v) is 22.2. The summed E-state index contributed by atoms with van der Waals surface area (Å²) >= 11 is 0. The number of carbonyl (C=O) groups is 1. The molecule has 13 nitrogen and oxygen atoms in total. The number of piperazine rings is 1. The Morgan fingerprint density at radius 2 is 1.93 bits per heavy atom. The number of ether oxygens (including phenoxy) is 1. The van der Waals surface area contributed by atoms with Crippen molar-refractivity contribution in [1.29, 1.82) is 0 Å². The van der Waals surface area contributed by atoms with E-state index in [2.05, 4.69) is 25.0 Å². The largest absolute Gasteiger partial charge is 0.478 e. The number of rotatable bonds is 9. The number of nitrogens with zero attached hydrogens (tertiary/aromatic N) is 8. The maximum absolute atomic E-state index is 14.7. The fourth-order valence-electron chi connectivity index (χ4n) is 4.24. The number of hydrogen-bond donors (Lipinski definition) is 2. The van der Waals surface area contributed by atoms with Crippen molar-refractivity contribution in [2.24, 2.45) is 0 Å². The van der Waals surface area contributed by atoms with Gasteiger partial charge in [-0.25, -0.2) is 13.6 Å². The van der Waals surface area contributed by atoms with Crippen molar-refractivity contribution in [3.8, 4) is 17.3 Å². The Hall–Kier alpha value is -4.53. The second-order valence-electron chi connectivity index (χ2n) is 9.91. The molecule has 3 aromatic heterocycles. The minimum atomic E-state index is -1.67. The number of likely N-dealkylation sites (N-methyl/N-ethyl adjacent to an activating group) is 1. The summed E-state index contributed by atoms with van der Waals surface area (Å²) in [7, 11) is 1.85. The van der Waals surface area contributed by atoms with Crippen LogP contribution in [-0.4, -0.2) is 92.5 Å². The summed E-state index contributed by atoms with van der Waals surface area (Å²) in [5.74, 6) is -1.59. The van der Waals surface area contributed by atoms with Crippen LogP contribution < -0.4 is 20.3 Å². The van der Waals surface area contributed by atoms with E-state index < -0.39 is 23.2 Å². The molecule has 15 heteroatoms. The van der Waals surface area contributed by atoms with Crippen molar-refractivity contribution in [3.05, 3.63) is 42.2 Å². The van der Waals surface area contributed by atoms with E-state index in [1.165, 1.54) is 30.7 Å². The highest BCUT2D eigenvalue weighted by Gasteiger charge is 2.31. The lowest BCUT2D eigenvalue weighted by Gasteiger charge is -2.37. The monoisotopic (exact) mass is 557 g/mol. The number of fused-ring (bicyclic) bond motifs is 1. The highest BCUT2D eigenvalue weighted by molar-refractivity contribution is 5.77. The van der Waals surface area contributed by atoms with Gasteiger partial charge in [-0.1, -0.05) is 0 Å². The van der Waals surface area contributed by atoms with Crippen LogP contribution in [0, 0.1) is 11.6 Å². The van der Waals surface area contributed by atoms with Gasteiger partial charge in [0.1, 0.15) is 5.82 Å². The molecule has 4 aromatic rings. The number of nitrogen functional groups attached to an aromatic ring is 1. The van der Waals surface area contributed by atoms with Crippen molar-refractivity contribution in [1.82, 2.24) is 29.5 Å². The summed E-state index contributed by atoms with van der Waals surface area (Å²) < 4.78 is 41.0. The van der Waals surface area contributed by atoms with Crippen LogP contribution >= 0.6 is 0 Å². The average molecular weight is 558 g/mol. The predicted octanol–water partition coefficient (Wildman–Crippen LogP) is 2.14. The molecule has 40 heavy (non-hydrogen) atoms. The fourth-order valence-corrected chi connectivity index (χ4v) is 4.24. The van der Waals surface area contributed by atoms with Gasteiger partial charge < -0.3 is 29.8 Å². The number of aromatic nitrogens is 5. The predicted molar refractivity (Wildman–Crippen MR) is 141 cm³/mol. The molecule has 4 heterocycles. The molecule has 1 aliphatic heterocycles. The van der Waals surface area contributed by atoms with Gasteiger partial charge in [-0.3, -0.25) is 4.90 Å². The van der Waals surface area contributed by atoms with E-state index in [-0.39, 0.29) is 17.4 Å². The van der Waals surface area contributed by atoms with Gasteiger partial charge in [0.05, 0.1) is 12.0 Å². The highest BCUT2D eigenvalue weighted by Crippen LogP contribution is 2.31. The second kappa shape index (κ2) is 10.6. The number of anilines is 3. The number of furan rings is 1. The molecule has 1 fully saturated rings. The van der Waals surface area contributed by atoms with E-state index in [1.54, 1.807) is 17.0 Å². The topological polar surface area (TPSA) is 151 Å². The molecule has 0 unspecified atom stereocenters. The molecular weight excluding hydrogens is 528 g/mol. The van der Waals surface area contributed by atoms with Crippen LogP contribution in [0.2, 0.25) is 0 Å². The van der Waals surface area contributed by atoms with Crippen molar-refractivity contribution in [2.75, 3.05) is 61.8 Å². The van der Waals surface area contributed by atoms with Crippen molar-refractivity contribution < 1.29 is 27.8 Å². The number of benzene rings is 1. The van der Waals surface area contributed by atoms with Gasteiger partial charge in [0.2, 0.25) is 17.7 Å². The van der Waals surface area contributed by atoms with Gasteiger partial charge in [0.15, 0.2) is 22.9 Å². The van der Waals surface area contributed by atoms with Gasteiger partial charge in [0.25, 0.3) is 5.78 Å². The third-order valence-corrected chi connectivity index (χ3v) is 6.65. The molecule has 0 amide bonds. The minimum absolute atomic E-state index is 0.141. The summed E-state index contributed by atoms with van der Waals surface area (Å²) in [6, 6.07) is 5.42. The molecule has 3 N–H and O–H groups in total. The Morgan fingerprint density at radius 3 is 2.60 bits per heavy atom. The lowest BCUT2D eigenvalue weighted by atomic mass is 10.1. The number of hydrogen-bond acceptors (Lipinski definition) is 11. The third kappa shape index (κ3) is 5.45. The molecule has 1 aromatic carbocycles. The van der Waals surface area contributed by atoms with Crippen molar-refractivity contribution >= 4 is 29.3 Å². The van der Waals surface area contributed by atoms with Crippen LogP contribution in [0.25, 0.3) is 17.4 Å². The van der Waals surface area contributed by atoms with Crippen LogP contribution in [0.1, 0.15) is 13.8 Å². The normalized spacial score (nSPS) is 14.6. The highest BCUT2D eigenvalue weighted by atomic mass is 19.1. The number of halogens is 2. The number of carboxylic acid groups (broad SMARTS) is 1. The van der Waals surface area contributed by atoms with Crippen LogP contribution in [0.3, 0.4) is 0 Å². The molecule has 0 saturated carbocycles. The van der Waals surface area contributed by atoms with Crippen molar-refractivity contribution in [3.63, 3.8) is 0 Å². The molecule has 0 spiro atoms. The molecule has 1 saturated heterocycles. The van der Waals surface area contributed by atoms with Gasteiger partial charge >= 0.3 is 5.97 Å². The first-order valence-corrected chi connectivity index (χ1v) is 12.6. The third-order valence-electron chi connectivity index (χ3n) is 6.65. The first-order chi connectivity index (χ1) is 19.0. The fraction of sp³-hybridized carbons (Fsp3) is 0.400. The zero-order chi connectivity index (χ0) is 28.6. The van der Waals surface area contributed by atoms with Crippen LogP contribution in [-0.2, 0) is 4.79 Å². The molecule has 0 aliphatic carbocycles. The van der Waals surface area contributed by atoms with E-state index in [9.17, 15) is 18.7 Å². The van der Waals surface area contributed by atoms with Gasteiger partial charge in [-0.15, -0.1) is 5.10 Å². The zero-order valence-electron chi connectivity index (χ0n) is 22.2. The lowest BCUT2D eigenvalue weighted by Crippen LogP contribution is -2.48. The van der Waals surface area contributed by atoms with Gasteiger partial charge in [0, 0.05) is 58.4 Å². The smallest absolute Gasteiger partial charge is 0.347 e. The van der Waals surface area contributed by atoms with E-state index in [0.717, 1.165) is 6.07 Å². The van der Waals surface area contributed by atoms with Gasteiger partial charge in [-0.05, 0) is 26.0 Å². The maximum Gasteiger partial charge on any atom is 0.347 e. The van der Waals surface area contributed by atoms with E-state index in [0.29, 0.717) is 62.6 Å². The summed E-state index contributed by atoms with van der Waals surface area (Å²) in [6.07, 6.45) is 1.53. The van der Waals surface area contributed by atoms with E-state index >= 15 is 0 Å². The van der Waals surface area contributed by atoms with E-state index in [4.69, 9.17) is 14.9 Å². The first kappa shape index (κ1) is 27.1. The number of carboxylic acids is 1. The number of nitrogens with two attached hydrogens (primary N) is 1.